The number of hydrogen-bond donors (Lipinski definition) is 2. The van der Waals surface area contributed by atoms with Crippen LogP contribution in [0.5, 0.6) is 0 Å². The highest BCUT2D eigenvalue weighted by Gasteiger charge is 2.10. The molecule has 2 rings (SSSR count). The fourth-order valence-corrected chi connectivity index (χ4v) is 1.71. The third kappa shape index (κ3) is 2.99. The van der Waals surface area contributed by atoms with Gasteiger partial charge in [0.05, 0.1) is 11.7 Å². The van der Waals surface area contributed by atoms with Gasteiger partial charge in [-0.25, -0.2) is 0 Å². The standard InChI is InChI=1S/C14H14N4O/c1-9(2)17-14(19)11(7-15)5-10-3-4-13-12(6-10)8-16-18-13/h3-6,8-9H,1-2H3,(H,16,18)(H,17,19)/b11-5+. The van der Waals surface area contributed by atoms with Crippen molar-refractivity contribution in [2.24, 2.45) is 0 Å². The van der Waals surface area contributed by atoms with Crippen LogP contribution >= 0.6 is 0 Å². The molecule has 1 heterocycles. The average molecular weight is 254 g/mol. The molecule has 1 amide bonds. The van der Waals surface area contributed by atoms with Gasteiger partial charge in [-0.2, -0.15) is 10.4 Å². The monoisotopic (exact) mass is 254 g/mol. The third-order valence-electron chi connectivity index (χ3n) is 2.56. The molecule has 0 aliphatic rings. The van der Waals surface area contributed by atoms with Crippen LogP contribution < -0.4 is 5.32 Å². The van der Waals surface area contributed by atoms with Crippen LogP contribution in [-0.2, 0) is 4.79 Å². The molecular weight excluding hydrogens is 240 g/mol. The normalized spacial score (nSPS) is 11.6. The zero-order valence-corrected chi connectivity index (χ0v) is 10.8. The minimum Gasteiger partial charge on any atom is -0.349 e. The van der Waals surface area contributed by atoms with Gasteiger partial charge in [-0.05, 0) is 37.6 Å². The van der Waals surface area contributed by atoms with Crippen LogP contribution in [0.3, 0.4) is 0 Å². The molecular formula is C14H14N4O. The second-order valence-electron chi connectivity index (χ2n) is 4.51. The Hall–Kier alpha value is -2.61. The number of fused-ring (bicyclic) bond motifs is 1. The van der Waals surface area contributed by atoms with E-state index in [2.05, 4.69) is 15.5 Å². The second-order valence-corrected chi connectivity index (χ2v) is 4.51. The van der Waals surface area contributed by atoms with Crippen molar-refractivity contribution in [3.63, 3.8) is 0 Å². The van der Waals surface area contributed by atoms with Crippen molar-refractivity contribution in [3.8, 4) is 6.07 Å². The number of H-pyrrole nitrogens is 1. The van der Waals surface area contributed by atoms with E-state index in [0.29, 0.717) is 0 Å². The number of benzene rings is 1. The largest absolute Gasteiger partial charge is 0.349 e. The number of rotatable bonds is 3. The van der Waals surface area contributed by atoms with Crippen molar-refractivity contribution >= 4 is 22.9 Å². The Bertz CT molecular complexity index is 676. The molecule has 5 heteroatoms. The lowest BCUT2D eigenvalue weighted by atomic mass is 10.1. The number of nitrogens with zero attached hydrogens (tertiary/aromatic N) is 2. The molecule has 0 atom stereocenters. The molecule has 0 unspecified atom stereocenters. The number of carbonyl (C=O) groups is 1. The fourth-order valence-electron chi connectivity index (χ4n) is 1.71. The number of amides is 1. The van der Waals surface area contributed by atoms with Gasteiger partial charge >= 0.3 is 0 Å². The SMILES string of the molecule is CC(C)NC(=O)/C(C#N)=C/c1ccc2[nH]ncc2c1. The maximum atomic E-state index is 11.8. The lowest BCUT2D eigenvalue weighted by molar-refractivity contribution is -0.117. The first-order valence-electron chi connectivity index (χ1n) is 5.96. The van der Waals surface area contributed by atoms with Crippen molar-refractivity contribution in [3.05, 3.63) is 35.5 Å². The van der Waals surface area contributed by atoms with Gasteiger partial charge in [-0.1, -0.05) is 6.07 Å². The molecule has 0 saturated carbocycles. The summed E-state index contributed by atoms with van der Waals surface area (Å²) >= 11 is 0. The topological polar surface area (TPSA) is 81.6 Å². The van der Waals surface area contributed by atoms with E-state index in [1.807, 2.05) is 38.1 Å². The molecule has 19 heavy (non-hydrogen) atoms. The van der Waals surface area contributed by atoms with Crippen molar-refractivity contribution in [1.82, 2.24) is 15.5 Å². The summed E-state index contributed by atoms with van der Waals surface area (Å²) in [6.07, 6.45) is 3.27. The summed E-state index contributed by atoms with van der Waals surface area (Å²) in [4.78, 5) is 11.8. The van der Waals surface area contributed by atoms with Gasteiger partial charge in [0.25, 0.3) is 5.91 Å². The van der Waals surface area contributed by atoms with Gasteiger partial charge < -0.3 is 5.32 Å². The van der Waals surface area contributed by atoms with E-state index in [1.54, 1.807) is 12.3 Å². The molecule has 1 aromatic carbocycles. The summed E-state index contributed by atoms with van der Waals surface area (Å²) in [5.41, 5.74) is 1.81. The number of nitriles is 1. The highest BCUT2D eigenvalue weighted by atomic mass is 16.1. The smallest absolute Gasteiger partial charge is 0.262 e. The zero-order chi connectivity index (χ0) is 13.8. The van der Waals surface area contributed by atoms with Gasteiger partial charge in [-0.3, -0.25) is 9.89 Å². The second kappa shape index (κ2) is 5.36. The van der Waals surface area contributed by atoms with Crippen LogP contribution in [0, 0.1) is 11.3 Å². The van der Waals surface area contributed by atoms with E-state index in [-0.39, 0.29) is 17.5 Å². The van der Waals surface area contributed by atoms with Crippen LogP contribution in [0.25, 0.3) is 17.0 Å². The summed E-state index contributed by atoms with van der Waals surface area (Å²) in [7, 11) is 0. The van der Waals surface area contributed by atoms with E-state index in [9.17, 15) is 4.79 Å². The van der Waals surface area contributed by atoms with Crippen molar-refractivity contribution in [2.45, 2.75) is 19.9 Å². The molecule has 0 fully saturated rings. The maximum absolute atomic E-state index is 11.8. The first-order chi connectivity index (χ1) is 9.10. The van der Waals surface area contributed by atoms with Crippen LogP contribution in [0.2, 0.25) is 0 Å². The van der Waals surface area contributed by atoms with E-state index < -0.39 is 0 Å². The van der Waals surface area contributed by atoms with E-state index in [1.165, 1.54) is 0 Å². The molecule has 0 aliphatic heterocycles. The Morgan fingerprint density at radius 1 is 1.53 bits per heavy atom. The lowest BCUT2D eigenvalue weighted by Gasteiger charge is -2.06. The lowest BCUT2D eigenvalue weighted by Crippen LogP contribution is -2.30. The molecule has 0 radical (unpaired) electrons. The van der Waals surface area contributed by atoms with E-state index in [4.69, 9.17) is 5.26 Å². The summed E-state index contributed by atoms with van der Waals surface area (Å²) in [5.74, 6) is -0.357. The van der Waals surface area contributed by atoms with Crippen LogP contribution in [0.1, 0.15) is 19.4 Å². The molecule has 1 aromatic heterocycles. The van der Waals surface area contributed by atoms with Gasteiger partial charge in [0, 0.05) is 11.4 Å². The van der Waals surface area contributed by atoms with Crippen LogP contribution in [-0.4, -0.2) is 22.1 Å². The zero-order valence-electron chi connectivity index (χ0n) is 10.8. The summed E-state index contributed by atoms with van der Waals surface area (Å²) in [6, 6.07) is 7.50. The van der Waals surface area contributed by atoms with Crippen molar-refractivity contribution in [1.29, 1.82) is 5.26 Å². The van der Waals surface area contributed by atoms with E-state index >= 15 is 0 Å². The molecule has 0 aliphatic carbocycles. The van der Waals surface area contributed by atoms with E-state index in [0.717, 1.165) is 16.5 Å². The molecule has 2 N–H and O–H groups in total. The molecule has 5 nitrogen and oxygen atoms in total. The molecule has 0 spiro atoms. The summed E-state index contributed by atoms with van der Waals surface area (Å²) < 4.78 is 0. The van der Waals surface area contributed by atoms with Crippen molar-refractivity contribution in [2.75, 3.05) is 0 Å². The highest BCUT2D eigenvalue weighted by molar-refractivity contribution is 6.02. The highest BCUT2D eigenvalue weighted by Crippen LogP contribution is 2.15. The Balaban J connectivity index is 2.31. The fraction of sp³-hybridized carbons (Fsp3) is 0.214. The molecule has 96 valence electrons. The first kappa shape index (κ1) is 12.8. The maximum Gasteiger partial charge on any atom is 0.262 e. The quantitative estimate of drug-likeness (QED) is 0.649. The summed E-state index contributed by atoms with van der Waals surface area (Å²) in [6.45, 7) is 3.70. The Morgan fingerprint density at radius 2 is 2.32 bits per heavy atom. The number of hydrogen-bond acceptors (Lipinski definition) is 3. The predicted molar refractivity (Wildman–Crippen MR) is 73.0 cm³/mol. The molecule has 0 saturated heterocycles. The molecule has 0 bridgehead atoms. The first-order valence-corrected chi connectivity index (χ1v) is 5.96. The third-order valence-corrected chi connectivity index (χ3v) is 2.56. The minimum absolute atomic E-state index is 0.000559. The number of aromatic amines is 1. The number of aromatic nitrogens is 2. The Kier molecular flexibility index (Phi) is 3.62. The van der Waals surface area contributed by atoms with Crippen LogP contribution in [0.4, 0.5) is 0 Å². The Morgan fingerprint density at radius 3 is 3.00 bits per heavy atom. The number of carbonyl (C=O) groups excluding carboxylic acids is 1. The van der Waals surface area contributed by atoms with Crippen molar-refractivity contribution < 1.29 is 4.79 Å². The van der Waals surface area contributed by atoms with Crippen LogP contribution in [0.15, 0.2) is 30.0 Å². The Labute approximate surface area is 110 Å². The van der Waals surface area contributed by atoms with Gasteiger partial charge in [-0.15, -0.1) is 0 Å². The molecule has 2 aromatic rings. The van der Waals surface area contributed by atoms with Gasteiger partial charge in [0.2, 0.25) is 0 Å². The average Bonchev–Trinajstić information content (AvgIpc) is 2.82. The van der Waals surface area contributed by atoms with Gasteiger partial charge in [0.15, 0.2) is 0 Å². The van der Waals surface area contributed by atoms with Gasteiger partial charge in [0.1, 0.15) is 11.6 Å². The number of nitrogens with one attached hydrogen (secondary N) is 2. The predicted octanol–water partition coefficient (Wildman–Crippen LogP) is 1.99. The minimum atomic E-state index is -0.357. The summed E-state index contributed by atoms with van der Waals surface area (Å²) in [5, 5.41) is 19.5.